The molecule has 31 heavy (non-hydrogen) atoms. The van der Waals surface area contributed by atoms with Crippen LogP contribution in [0.3, 0.4) is 0 Å². The number of nitrogens with zero attached hydrogens (tertiary/aromatic N) is 2. The average Bonchev–Trinajstić information content (AvgIpc) is 3.30. The van der Waals surface area contributed by atoms with E-state index in [2.05, 4.69) is 22.4 Å². The van der Waals surface area contributed by atoms with Gasteiger partial charge >= 0.3 is 0 Å². The number of hydrogen-bond donors (Lipinski definition) is 1. The SMILES string of the molecule is CCc1cccc(C)c1NC(=O)COc1ccccc1-c1nnc(-c2ccccc2)o1. The van der Waals surface area contributed by atoms with E-state index in [0.29, 0.717) is 23.1 Å². The number of carbonyl (C=O) groups is 1. The third-order valence-corrected chi connectivity index (χ3v) is 4.93. The second-order valence-electron chi connectivity index (χ2n) is 7.07. The summed E-state index contributed by atoms with van der Waals surface area (Å²) in [5.74, 6) is 1.03. The van der Waals surface area contributed by atoms with Gasteiger partial charge in [-0.2, -0.15) is 0 Å². The van der Waals surface area contributed by atoms with E-state index < -0.39 is 0 Å². The Balaban J connectivity index is 1.49. The molecule has 0 saturated carbocycles. The van der Waals surface area contributed by atoms with E-state index >= 15 is 0 Å². The van der Waals surface area contributed by atoms with Gasteiger partial charge in [0.25, 0.3) is 11.8 Å². The number of amides is 1. The summed E-state index contributed by atoms with van der Waals surface area (Å²) in [6, 6.07) is 22.8. The summed E-state index contributed by atoms with van der Waals surface area (Å²) in [5, 5.41) is 11.3. The molecule has 6 heteroatoms. The highest BCUT2D eigenvalue weighted by atomic mass is 16.5. The number of hydrogen-bond acceptors (Lipinski definition) is 5. The molecule has 0 aliphatic carbocycles. The molecule has 1 amide bonds. The van der Waals surface area contributed by atoms with Gasteiger partial charge in [0.1, 0.15) is 5.75 Å². The summed E-state index contributed by atoms with van der Waals surface area (Å²) in [5.41, 5.74) is 4.43. The minimum absolute atomic E-state index is 0.131. The highest BCUT2D eigenvalue weighted by Gasteiger charge is 2.16. The van der Waals surface area contributed by atoms with Gasteiger partial charge in [0, 0.05) is 11.3 Å². The molecule has 156 valence electrons. The van der Waals surface area contributed by atoms with Gasteiger partial charge < -0.3 is 14.5 Å². The fourth-order valence-electron chi connectivity index (χ4n) is 3.32. The van der Waals surface area contributed by atoms with Gasteiger partial charge in [-0.15, -0.1) is 10.2 Å². The molecule has 4 aromatic rings. The Hall–Kier alpha value is -3.93. The first-order valence-electron chi connectivity index (χ1n) is 10.1. The highest BCUT2D eigenvalue weighted by Crippen LogP contribution is 2.31. The van der Waals surface area contributed by atoms with E-state index in [1.807, 2.05) is 73.7 Å². The molecular weight excluding hydrogens is 390 g/mol. The lowest BCUT2D eigenvalue weighted by molar-refractivity contribution is -0.118. The Labute approximate surface area is 180 Å². The molecule has 0 fully saturated rings. The summed E-state index contributed by atoms with van der Waals surface area (Å²) in [6.07, 6.45) is 0.835. The van der Waals surface area contributed by atoms with Crippen LogP contribution in [0.15, 0.2) is 77.2 Å². The predicted molar refractivity (Wildman–Crippen MR) is 120 cm³/mol. The summed E-state index contributed by atoms with van der Waals surface area (Å²) < 4.78 is 11.7. The molecule has 6 nitrogen and oxygen atoms in total. The summed E-state index contributed by atoms with van der Waals surface area (Å²) in [7, 11) is 0. The largest absolute Gasteiger partial charge is 0.483 e. The average molecular weight is 413 g/mol. The maximum Gasteiger partial charge on any atom is 0.262 e. The predicted octanol–water partition coefficient (Wildman–Crippen LogP) is 5.29. The number of para-hydroxylation sites is 2. The molecule has 0 atom stereocenters. The number of anilines is 1. The lowest BCUT2D eigenvalue weighted by Crippen LogP contribution is -2.21. The third kappa shape index (κ3) is 4.64. The molecule has 0 saturated heterocycles. The standard InChI is InChI=1S/C25H23N3O3/c1-3-18-13-9-10-17(2)23(18)26-22(29)16-30-21-15-8-7-14-20(21)25-28-27-24(31-25)19-11-5-4-6-12-19/h4-15H,3,16H2,1-2H3,(H,26,29). The van der Waals surface area contributed by atoms with Crippen LogP contribution in [0.2, 0.25) is 0 Å². The Morgan fingerprint density at radius 2 is 1.68 bits per heavy atom. The van der Waals surface area contributed by atoms with Crippen LogP contribution < -0.4 is 10.1 Å². The molecule has 1 aromatic heterocycles. The van der Waals surface area contributed by atoms with E-state index in [1.54, 1.807) is 6.07 Å². The molecule has 0 aliphatic rings. The van der Waals surface area contributed by atoms with Crippen LogP contribution in [0.25, 0.3) is 22.9 Å². The van der Waals surface area contributed by atoms with Gasteiger partial charge in [-0.25, -0.2) is 0 Å². The summed E-state index contributed by atoms with van der Waals surface area (Å²) >= 11 is 0. The zero-order valence-electron chi connectivity index (χ0n) is 17.5. The molecule has 0 bridgehead atoms. The topological polar surface area (TPSA) is 77.2 Å². The Kier molecular flexibility index (Phi) is 6.08. The zero-order chi connectivity index (χ0) is 21.6. The van der Waals surface area contributed by atoms with E-state index in [9.17, 15) is 4.79 Å². The Bertz CT molecular complexity index is 1190. The maximum absolute atomic E-state index is 12.6. The molecule has 1 heterocycles. The number of nitrogens with one attached hydrogen (secondary N) is 1. The van der Waals surface area contributed by atoms with Crippen molar-refractivity contribution in [1.29, 1.82) is 0 Å². The molecule has 0 aliphatic heterocycles. The summed E-state index contributed by atoms with van der Waals surface area (Å²) in [4.78, 5) is 12.6. The van der Waals surface area contributed by atoms with Gasteiger partial charge in [0.2, 0.25) is 5.89 Å². The lowest BCUT2D eigenvalue weighted by atomic mass is 10.1. The number of ether oxygens (including phenoxy) is 1. The Morgan fingerprint density at radius 3 is 2.48 bits per heavy atom. The Morgan fingerprint density at radius 1 is 0.935 bits per heavy atom. The molecule has 3 aromatic carbocycles. The third-order valence-electron chi connectivity index (χ3n) is 4.93. The van der Waals surface area contributed by atoms with Crippen LogP contribution in [0.5, 0.6) is 5.75 Å². The monoisotopic (exact) mass is 413 g/mol. The normalized spacial score (nSPS) is 10.6. The van der Waals surface area contributed by atoms with Gasteiger partial charge in [0.15, 0.2) is 6.61 Å². The van der Waals surface area contributed by atoms with Crippen molar-refractivity contribution in [3.63, 3.8) is 0 Å². The van der Waals surface area contributed by atoms with Crippen LogP contribution in [-0.4, -0.2) is 22.7 Å². The highest BCUT2D eigenvalue weighted by molar-refractivity contribution is 5.93. The molecule has 1 N–H and O–H groups in total. The fraction of sp³-hybridized carbons (Fsp3) is 0.160. The van der Waals surface area contributed by atoms with Crippen molar-refractivity contribution in [2.75, 3.05) is 11.9 Å². The van der Waals surface area contributed by atoms with E-state index in [1.165, 1.54) is 0 Å². The number of rotatable bonds is 7. The second kappa shape index (κ2) is 9.26. The first-order valence-corrected chi connectivity index (χ1v) is 10.1. The number of aromatic nitrogens is 2. The van der Waals surface area contributed by atoms with Crippen LogP contribution in [0.1, 0.15) is 18.1 Å². The van der Waals surface area contributed by atoms with Crippen LogP contribution in [-0.2, 0) is 11.2 Å². The van der Waals surface area contributed by atoms with Gasteiger partial charge in [0.05, 0.1) is 5.56 Å². The van der Waals surface area contributed by atoms with E-state index in [-0.39, 0.29) is 12.5 Å². The van der Waals surface area contributed by atoms with E-state index in [0.717, 1.165) is 28.8 Å². The molecular formula is C25H23N3O3. The zero-order valence-corrected chi connectivity index (χ0v) is 17.5. The van der Waals surface area contributed by atoms with Crippen molar-refractivity contribution in [2.24, 2.45) is 0 Å². The van der Waals surface area contributed by atoms with Crippen LogP contribution >= 0.6 is 0 Å². The quantitative estimate of drug-likeness (QED) is 0.445. The van der Waals surface area contributed by atoms with Crippen molar-refractivity contribution < 1.29 is 13.9 Å². The van der Waals surface area contributed by atoms with Crippen molar-refractivity contribution in [3.05, 3.63) is 83.9 Å². The van der Waals surface area contributed by atoms with Crippen LogP contribution in [0, 0.1) is 6.92 Å². The van der Waals surface area contributed by atoms with Crippen molar-refractivity contribution >= 4 is 11.6 Å². The molecule has 0 spiro atoms. The molecule has 4 rings (SSSR count). The van der Waals surface area contributed by atoms with E-state index in [4.69, 9.17) is 9.15 Å². The minimum atomic E-state index is -0.227. The number of aryl methyl sites for hydroxylation is 2. The minimum Gasteiger partial charge on any atom is -0.483 e. The fourth-order valence-corrected chi connectivity index (χ4v) is 3.32. The number of carbonyl (C=O) groups excluding carboxylic acids is 1. The van der Waals surface area contributed by atoms with Gasteiger partial charge in [-0.05, 0) is 48.7 Å². The van der Waals surface area contributed by atoms with Crippen LogP contribution in [0.4, 0.5) is 5.69 Å². The lowest BCUT2D eigenvalue weighted by Gasteiger charge is -2.14. The van der Waals surface area contributed by atoms with Gasteiger partial charge in [-0.1, -0.05) is 55.5 Å². The number of benzene rings is 3. The first-order chi connectivity index (χ1) is 15.2. The van der Waals surface area contributed by atoms with Crippen molar-refractivity contribution in [3.8, 4) is 28.7 Å². The smallest absolute Gasteiger partial charge is 0.262 e. The summed E-state index contributed by atoms with van der Waals surface area (Å²) in [6.45, 7) is 3.91. The van der Waals surface area contributed by atoms with Gasteiger partial charge in [-0.3, -0.25) is 4.79 Å². The molecule has 0 radical (unpaired) electrons. The molecule has 0 unspecified atom stereocenters. The van der Waals surface area contributed by atoms with Crippen molar-refractivity contribution in [1.82, 2.24) is 10.2 Å². The first kappa shape index (κ1) is 20.3. The maximum atomic E-state index is 12.6. The van der Waals surface area contributed by atoms with Crippen molar-refractivity contribution in [2.45, 2.75) is 20.3 Å². The second-order valence-corrected chi connectivity index (χ2v) is 7.07.